The van der Waals surface area contributed by atoms with Crippen LogP contribution in [-0.4, -0.2) is 40.7 Å². The first-order valence-electron chi connectivity index (χ1n) is 7.00. The Bertz CT molecular complexity index is 843. The maximum Gasteiger partial charge on any atom is 0.275 e. The summed E-state index contributed by atoms with van der Waals surface area (Å²) in [6, 6.07) is 3.20. The number of hydrogen-bond donors (Lipinski definition) is 2. The molecule has 0 aliphatic carbocycles. The summed E-state index contributed by atoms with van der Waals surface area (Å²) in [6.07, 6.45) is 1.61. The van der Waals surface area contributed by atoms with Gasteiger partial charge in [0, 0.05) is 12.6 Å². The molecule has 23 heavy (non-hydrogen) atoms. The molecule has 0 unspecified atom stereocenters. The van der Waals surface area contributed by atoms with Gasteiger partial charge in [-0.15, -0.1) is 6.58 Å². The average Bonchev–Trinajstić information content (AvgIpc) is 3.01. The molecular formula is C15H15N3O5. The van der Waals surface area contributed by atoms with Gasteiger partial charge in [-0.1, -0.05) is 6.08 Å². The van der Waals surface area contributed by atoms with Crippen molar-refractivity contribution in [3.05, 3.63) is 40.7 Å². The van der Waals surface area contributed by atoms with Crippen molar-refractivity contribution in [2.75, 3.05) is 19.9 Å². The van der Waals surface area contributed by atoms with Crippen molar-refractivity contribution < 1.29 is 19.4 Å². The number of aromatic nitrogens is 2. The van der Waals surface area contributed by atoms with Crippen molar-refractivity contribution in [2.45, 2.75) is 6.54 Å². The van der Waals surface area contributed by atoms with Crippen molar-refractivity contribution in [3.63, 3.8) is 0 Å². The molecule has 0 spiro atoms. The van der Waals surface area contributed by atoms with E-state index in [1.165, 1.54) is 4.68 Å². The second kappa shape index (κ2) is 6.09. The van der Waals surface area contributed by atoms with Gasteiger partial charge in [-0.3, -0.25) is 14.3 Å². The van der Waals surface area contributed by atoms with E-state index in [4.69, 9.17) is 14.6 Å². The standard InChI is InChI=1S/C15H15N3O5/c1-2-4-18-10-7-12-11(22-8-23-12)6-9(10)14(20)13(17-18)15(21)16-3-5-19/h2,6-7,19H,1,3-5,8H2,(H,16,21). The predicted molar refractivity (Wildman–Crippen MR) is 81.7 cm³/mol. The zero-order chi connectivity index (χ0) is 16.4. The summed E-state index contributed by atoms with van der Waals surface area (Å²) in [6.45, 7) is 3.87. The molecule has 2 heterocycles. The molecule has 1 aliphatic heterocycles. The number of aliphatic hydroxyl groups excluding tert-OH is 1. The number of amides is 1. The highest BCUT2D eigenvalue weighted by molar-refractivity contribution is 5.96. The van der Waals surface area contributed by atoms with Gasteiger partial charge in [-0.25, -0.2) is 0 Å². The zero-order valence-electron chi connectivity index (χ0n) is 12.2. The van der Waals surface area contributed by atoms with Gasteiger partial charge in [0.25, 0.3) is 5.91 Å². The van der Waals surface area contributed by atoms with Crippen LogP contribution >= 0.6 is 0 Å². The van der Waals surface area contributed by atoms with E-state index in [9.17, 15) is 9.59 Å². The fourth-order valence-electron chi connectivity index (χ4n) is 2.34. The van der Waals surface area contributed by atoms with Crippen LogP contribution in [-0.2, 0) is 6.54 Å². The lowest BCUT2D eigenvalue weighted by Gasteiger charge is -2.11. The largest absolute Gasteiger partial charge is 0.454 e. The molecule has 0 radical (unpaired) electrons. The fourth-order valence-corrected chi connectivity index (χ4v) is 2.34. The highest BCUT2D eigenvalue weighted by Gasteiger charge is 2.21. The quantitative estimate of drug-likeness (QED) is 0.755. The number of rotatable bonds is 5. The molecule has 1 aromatic carbocycles. The Labute approximate surface area is 130 Å². The van der Waals surface area contributed by atoms with E-state index < -0.39 is 11.3 Å². The predicted octanol–water partition coefficient (Wildman–Crippen LogP) is 0.0333. The lowest BCUT2D eigenvalue weighted by Crippen LogP contribution is -2.33. The highest BCUT2D eigenvalue weighted by atomic mass is 16.7. The maximum absolute atomic E-state index is 12.6. The van der Waals surface area contributed by atoms with E-state index in [1.54, 1.807) is 18.2 Å². The van der Waals surface area contributed by atoms with Crippen molar-refractivity contribution in [3.8, 4) is 11.5 Å². The zero-order valence-corrected chi connectivity index (χ0v) is 12.2. The van der Waals surface area contributed by atoms with Crippen molar-refractivity contribution >= 4 is 16.8 Å². The van der Waals surface area contributed by atoms with Crippen molar-refractivity contribution in [2.24, 2.45) is 0 Å². The van der Waals surface area contributed by atoms with Gasteiger partial charge in [0.2, 0.25) is 12.2 Å². The third-order valence-electron chi connectivity index (χ3n) is 3.36. The Morgan fingerprint density at radius 1 is 1.43 bits per heavy atom. The molecule has 120 valence electrons. The van der Waals surface area contributed by atoms with E-state index in [0.29, 0.717) is 28.9 Å². The summed E-state index contributed by atoms with van der Waals surface area (Å²) in [5, 5.41) is 15.6. The molecule has 0 atom stereocenters. The van der Waals surface area contributed by atoms with Gasteiger partial charge in [0.05, 0.1) is 24.1 Å². The number of aliphatic hydroxyl groups is 1. The highest BCUT2D eigenvalue weighted by Crippen LogP contribution is 2.34. The molecule has 0 saturated heterocycles. The summed E-state index contributed by atoms with van der Waals surface area (Å²) in [4.78, 5) is 24.6. The molecule has 2 aromatic rings. The Hall–Kier alpha value is -2.87. The first-order valence-corrected chi connectivity index (χ1v) is 7.00. The second-order valence-corrected chi connectivity index (χ2v) is 4.85. The number of ether oxygens (including phenoxy) is 2. The van der Waals surface area contributed by atoms with Gasteiger partial charge in [0.15, 0.2) is 17.2 Å². The Balaban J connectivity index is 2.21. The Morgan fingerprint density at radius 3 is 2.87 bits per heavy atom. The van der Waals surface area contributed by atoms with Crippen LogP contribution in [0.25, 0.3) is 10.9 Å². The average molecular weight is 317 g/mol. The van der Waals surface area contributed by atoms with Crippen LogP contribution in [0.2, 0.25) is 0 Å². The van der Waals surface area contributed by atoms with Gasteiger partial charge in [-0.05, 0) is 6.07 Å². The summed E-state index contributed by atoms with van der Waals surface area (Å²) in [5.41, 5.74) is -0.224. The Morgan fingerprint density at radius 2 is 2.17 bits per heavy atom. The number of hydrogen-bond acceptors (Lipinski definition) is 6. The van der Waals surface area contributed by atoms with Crippen LogP contribution in [0.1, 0.15) is 10.5 Å². The van der Waals surface area contributed by atoms with Crippen molar-refractivity contribution in [1.29, 1.82) is 0 Å². The van der Waals surface area contributed by atoms with Crippen LogP contribution in [0.15, 0.2) is 29.6 Å². The minimum atomic E-state index is -0.638. The summed E-state index contributed by atoms with van der Waals surface area (Å²) in [5.74, 6) is 0.336. The van der Waals surface area contributed by atoms with Gasteiger partial charge in [0.1, 0.15) is 0 Å². The van der Waals surface area contributed by atoms with Crippen LogP contribution in [0.3, 0.4) is 0 Å². The number of nitrogens with zero attached hydrogens (tertiary/aromatic N) is 2. The van der Waals surface area contributed by atoms with Crippen LogP contribution < -0.4 is 20.2 Å². The molecule has 1 aromatic heterocycles. The normalized spacial score (nSPS) is 12.4. The van der Waals surface area contributed by atoms with E-state index in [0.717, 1.165) is 0 Å². The smallest absolute Gasteiger partial charge is 0.275 e. The number of allylic oxidation sites excluding steroid dienone is 1. The maximum atomic E-state index is 12.6. The Kier molecular flexibility index (Phi) is 3.98. The van der Waals surface area contributed by atoms with E-state index in [-0.39, 0.29) is 25.6 Å². The molecule has 0 saturated carbocycles. The minimum Gasteiger partial charge on any atom is -0.454 e. The number of fused-ring (bicyclic) bond motifs is 2. The van der Waals surface area contributed by atoms with Gasteiger partial charge < -0.3 is 19.9 Å². The first-order chi connectivity index (χ1) is 11.2. The molecular weight excluding hydrogens is 302 g/mol. The van der Waals surface area contributed by atoms with E-state index >= 15 is 0 Å². The molecule has 8 nitrogen and oxygen atoms in total. The minimum absolute atomic E-state index is 0.0422. The second-order valence-electron chi connectivity index (χ2n) is 4.85. The number of nitrogens with one attached hydrogen (secondary N) is 1. The third-order valence-corrected chi connectivity index (χ3v) is 3.36. The van der Waals surface area contributed by atoms with E-state index in [1.807, 2.05) is 0 Å². The number of carbonyl (C=O) groups is 1. The molecule has 2 N–H and O–H groups in total. The summed E-state index contributed by atoms with van der Waals surface area (Å²) >= 11 is 0. The monoisotopic (exact) mass is 317 g/mol. The third kappa shape index (κ3) is 2.64. The SMILES string of the molecule is C=CCn1nc(C(=O)NCCO)c(=O)c2cc3c(cc21)OCO3. The van der Waals surface area contributed by atoms with Gasteiger partial charge >= 0.3 is 0 Å². The number of benzene rings is 1. The summed E-state index contributed by atoms with van der Waals surface area (Å²) < 4.78 is 12.1. The topological polar surface area (TPSA) is 103 Å². The molecule has 0 bridgehead atoms. The van der Waals surface area contributed by atoms with Crippen molar-refractivity contribution in [1.82, 2.24) is 15.1 Å². The summed E-state index contributed by atoms with van der Waals surface area (Å²) in [7, 11) is 0. The lowest BCUT2D eigenvalue weighted by molar-refractivity contribution is 0.0936. The van der Waals surface area contributed by atoms with Crippen LogP contribution in [0.5, 0.6) is 11.5 Å². The molecule has 1 aliphatic rings. The van der Waals surface area contributed by atoms with Gasteiger partial charge in [-0.2, -0.15) is 5.10 Å². The van der Waals surface area contributed by atoms with Crippen LogP contribution in [0.4, 0.5) is 0 Å². The number of carbonyl (C=O) groups excluding carboxylic acids is 1. The van der Waals surface area contributed by atoms with E-state index in [2.05, 4.69) is 17.0 Å². The first kappa shape index (κ1) is 15.0. The molecule has 8 heteroatoms. The molecule has 1 amide bonds. The lowest BCUT2D eigenvalue weighted by atomic mass is 10.1. The molecule has 3 rings (SSSR count). The molecule has 0 fully saturated rings. The van der Waals surface area contributed by atoms with Crippen LogP contribution in [0, 0.1) is 0 Å². The fraction of sp³-hybridized carbons (Fsp3) is 0.267.